The Bertz CT molecular complexity index is 689. The smallest absolute Gasteiger partial charge is 0.258 e. The van der Waals surface area contributed by atoms with E-state index in [9.17, 15) is 13.6 Å². The maximum Gasteiger partial charge on any atom is 0.258 e. The van der Waals surface area contributed by atoms with E-state index in [0.29, 0.717) is 11.4 Å². The average molecular weight is 297 g/mol. The number of carbonyl (C=O) groups is 1. The van der Waals surface area contributed by atoms with E-state index in [1.165, 1.54) is 6.07 Å². The van der Waals surface area contributed by atoms with E-state index in [0.717, 1.165) is 17.7 Å². The van der Waals surface area contributed by atoms with E-state index < -0.39 is 23.1 Å². The fourth-order valence-corrected chi connectivity index (χ4v) is 1.76. The number of amides is 1. The zero-order valence-corrected chi connectivity index (χ0v) is 11.3. The highest BCUT2D eigenvalue weighted by Crippen LogP contribution is 2.21. The lowest BCUT2D eigenvalue weighted by molar-refractivity contribution is 0.102. The number of halogens is 3. The standard InChI is InChI=1S/C14H11ClF2N2O/c1-7-2-3-8(4-13(7)18)19-14(20)9-5-12(17)10(15)6-11(9)16/h2-6H,18H2,1H3,(H,19,20). The summed E-state index contributed by atoms with van der Waals surface area (Å²) in [7, 11) is 0. The van der Waals surface area contributed by atoms with Gasteiger partial charge in [-0.25, -0.2) is 8.78 Å². The van der Waals surface area contributed by atoms with Gasteiger partial charge in [0.2, 0.25) is 0 Å². The molecule has 0 fully saturated rings. The van der Waals surface area contributed by atoms with Gasteiger partial charge in [-0.3, -0.25) is 4.79 Å². The van der Waals surface area contributed by atoms with Gasteiger partial charge in [0, 0.05) is 11.4 Å². The molecule has 0 spiro atoms. The fraction of sp³-hybridized carbons (Fsp3) is 0.0714. The number of hydrogen-bond donors (Lipinski definition) is 2. The fourth-order valence-electron chi connectivity index (χ4n) is 1.61. The minimum Gasteiger partial charge on any atom is -0.398 e. The summed E-state index contributed by atoms with van der Waals surface area (Å²) in [6.07, 6.45) is 0. The van der Waals surface area contributed by atoms with Gasteiger partial charge in [0.1, 0.15) is 11.6 Å². The second-order valence-electron chi connectivity index (χ2n) is 4.27. The molecule has 0 aliphatic rings. The molecular formula is C14H11ClF2N2O. The lowest BCUT2D eigenvalue weighted by atomic mass is 10.1. The molecule has 0 aromatic heterocycles. The van der Waals surface area contributed by atoms with E-state index >= 15 is 0 Å². The van der Waals surface area contributed by atoms with Crippen LogP contribution >= 0.6 is 11.6 Å². The van der Waals surface area contributed by atoms with Crippen LogP contribution in [0.1, 0.15) is 15.9 Å². The molecule has 0 radical (unpaired) electrons. The third-order valence-electron chi connectivity index (χ3n) is 2.79. The molecule has 0 bridgehead atoms. The Morgan fingerprint density at radius 3 is 2.55 bits per heavy atom. The molecule has 0 unspecified atom stereocenters. The topological polar surface area (TPSA) is 55.1 Å². The number of carbonyl (C=O) groups excluding carboxylic acids is 1. The molecule has 0 saturated carbocycles. The SMILES string of the molecule is Cc1ccc(NC(=O)c2cc(F)c(Cl)cc2F)cc1N. The number of nitrogens with one attached hydrogen (secondary N) is 1. The highest BCUT2D eigenvalue weighted by molar-refractivity contribution is 6.30. The number of benzene rings is 2. The number of aryl methyl sites for hydroxylation is 1. The number of hydrogen-bond acceptors (Lipinski definition) is 2. The minimum absolute atomic E-state index is 0.376. The van der Waals surface area contributed by atoms with E-state index in [1.807, 2.05) is 6.92 Å². The number of nitrogens with two attached hydrogens (primary N) is 1. The van der Waals surface area contributed by atoms with Crippen molar-refractivity contribution in [2.75, 3.05) is 11.1 Å². The molecule has 2 aromatic rings. The summed E-state index contributed by atoms with van der Waals surface area (Å²) in [6.45, 7) is 1.81. The van der Waals surface area contributed by atoms with Gasteiger partial charge in [0.15, 0.2) is 0 Å². The van der Waals surface area contributed by atoms with Crippen molar-refractivity contribution in [2.45, 2.75) is 6.92 Å². The predicted octanol–water partition coefficient (Wildman–Crippen LogP) is 3.76. The van der Waals surface area contributed by atoms with E-state index in [4.69, 9.17) is 17.3 Å². The highest BCUT2D eigenvalue weighted by Gasteiger charge is 2.15. The number of rotatable bonds is 2. The molecule has 6 heteroatoms. The molecule has 0 atom stereocenters. The van der Waals surface area contributed by atoms with E-state index in [2.05, 4.69) is 5.32 Å². The summed E-state index contributed by atoms with van der Waals surface area (Å²) >= 11 is 5.43. The van der Waals surface area contributed by atoms with Crippen molar-refractivity contribution in [1.29, 1.82) is 0 Å². The molecular weight excluding hydrogens is 286 g/mol. The van der Waals surface area contributed by atoms with Crippen LogP contribution in [0, 0.1) is 18.6 Å². The molecule has 1 amide bonds. The van der Waals surface area contributed by atoms with Crippen molar-refractivity contribution < 1.29 is 13.6 Å². The first-order chi connectivity index (χ1) is 9.38. The summed E-state index contributed by atoms with van der Waals surface area (Å²) in [5.41, 5.74) is 7.02. The second-order valence-corrected chi connectivity index (χ2v) is 4.68. The zero-order chi connectivity index (χ0) is 14.9. The van der Waals surface area contributed by atoms with Crippen LogP contribution in [0.2, 0.25) is 5.02 Å². The summed E-state index contributed by atoms with van der Waals surface area (Å²) in [6, 6.07) is 6.38. The summed E-state index contributed by atoms with van der Waals surface area (Å²) in [5.74, 6) is -2.53. The van der Waals surface area contributed by atoms with Crippen LogP contribution in [0.15, 0.2) is 30.3 Å². The summed E-state index contributed by atoms with van der Waals surface area (Å²) < 4.78 is 26.9. The molecule has 0 aliphatic carbocycles. The molecule has 2 rings (SSSR count). The maximum atomic E-state index is 13.6. The Kier molecular flexibility index (Phi) is 3.90. The van der Waals surface area contributed by atoms with Gasteiger partial charge >= 0.3 is 0 Å². The van der Waals surface area contributed by atoms with Gasteiger partial charge in [0.25, 0.3) is 5.91 Å². The lowest BCUT2D eigenvalue weighted by Crippen LogP contribution is -2.14. The first kappa shape index (κ1) is 14.3. The van der Waals surface area contributed by atoms with Crippen LogP contribution in [-0.4, -0.2) is 5.91 Å². The van der Waals surface area contributed by atoms with Gasteiger partial charge in [-0.05, 0) is 36.8 Å². The van der Waals surface area contributed by atoms with Crippen molar-refractivity contribution in [3.8, 4) is 0 Å². The van der Waals surface area contributed by atoms with Crippen molar-refractivity contribution in [3.05, 3.63) is 58.1 Å². The molecule has 104 valence electrons. The molecule has 0 aliphatic heterocycles. The van der Waals surface area contributed by atoms with Crippen molar-refractivity contribution in [1.82, 2.24) is 0 Å². The van der Waals surface area contributed by atoms with Crippen LogP contribution in [0.3, 0.4) is 0 Å². The predicted molar refractivity (Wildman–Crippen MR) is 74.9 cm³/mol. The molecule has 0 saturated heterocycles. The Balaban J connectivity index is 2.28. The summed E-state index contributed by atoms with van der Waals surface area (Å²) in [4.78, 5) is 11.9. The maximum absolute atomic E-state index is 13.6. The van der Waals surface area contributed by atoms with Crippen molar-refractivity contribution >= 4 is 28.9 Å². The third kappa shape index (κ3) is 2.88. The molecule has 20 heavy (non-hydrogen) atoms. The quantitative estimate of drug-likeness (QED) is 0.655. The van der Waals surface area contributed by atoms with E-state index in [1.54, 1.807) is 12.1 Å². The highest BCUT2D eigenvalue weighted by atomic mass is 35.5. The Hall–Kier alpha value is -2.14. The molecule has 2 aromatic carbocycles. The van der Waals surface area contributed by atoms with Crippen molar-refractivity contribution in [3.63, 3.8) is 0 Å². The largest absolute Gasteiger partial charge is 0.398 e. The van der Waals surface area contributed by atoms with Gasteiger partial charge < -0.3 is 11.1 Å². The van der Waals surface area contributed by atoms with Crippen LogP contribution in [0.25, 0.3) is 0 Å². The molecule has 3 nitrogen and oxygen atoms in total. The Morgan fingerprint density at radius 1 is 1.20 bits per heavy atom. The first-order valence-corrected chi connectivity index (χ1v) is 6.08. The molecule has 0 heterocycles. The van der Waals surface area contributed by atoms with Crippen LogP contribution in [0.5, 0.6) is 0 Å². The number of anilines is 2. The monoisotopic (exact) mass is 296 g/mol. The minimum atomic E-state index is -0.894. The van der Waals surface area contributed by atoms with Gasteiger partial charge in [-0.1, -0.05) is 17.7 Å². The Morgan fingerprint density at radius 2 is 1.90 bits per heavy atom. The second kappa shape index (κ2) is 5.46. The van der Waals surface area contributed by atoms with Crippen LogP contribution in [-0.2, 0) is 0 Å². The van der Waals surface area contributed by atoms with Crippen molar-refractivity contribution in [2.24, 2.45) is 0 Å². The van der Waals surface area contributed by atoms with Crippen LogP contribution < -0.4 is 11.1 Å². The Labute approximate surface area is 119 Å². The molecule has 3 N–H and O–H groups in total. The lowest BCUT2D eigenvalue weighted by Gasteiger charge is -2.08. The number of nitrogen functional groups attached to an aromatic ring is 1. The van der Waals surface area contributed by atoms with E-state index in [-0.39, 0.29) is 5.02 Å². The zero-order valence-electron chi connectivity index (χ0n) is 10.5. The van der Waals surface area contributed by atoms with Gasteiger partial charge in [0.05, 0.1) is 10.6 Å². The summed E-state index contributed by atoms with van der Waals surface area (Å²) in [5, 5.41) is 2.07. The van der Waals surface area contributed by atoms with Gasteiger partial charge in [-0.2, -0.15) is 0 Å². The average Bonchev–Trinajstić information content (AvgIpc) is 2.38. The normalized spacial score (nSPS) is 10.4. The third-order valence-corrected chi connectivity index (χ3v) is 3.08. The van der Waals surface area contributed by atoms with Crippen LogP contribution in [0.4, 0.5) is 20.2 Å². The van der Waals surface area contributed by atoms with Gasteiger partial charge in [-0.15, -0.1) is 0 Å². The first-order valence-electron chi connectivity index (χ1n) is 5.70.